The van der Waals surface area contributed by atoms with Gasteiger partial charge in [-0.25, -0.2) is 0 Å². The quantitative estimate of drug-likeness (QED) is 0.781. The van der Waals surface area contributed by atoms with Crippen molar-refractivity contribution in [1.82, 2.24) is 4.90 Å². The van der Waals surface area contributed by atoms with Gasteiger partial charge in [-0.3, -0.25) is 9.59 Å². The molecule has 148 valence electrons. The van der Waals surface area contributed by atoms with Gasteiger partial charge in [0.05, 0.1) is 0 Å². The lowest BCUT2D eigenvalue weighted by atomic mass is 10.1. The molecule has 2 atom stereocenters. The highest BCUT2D eigenvalue weighted by Gasteiger charge is 2.24. The van der Waals surface area contributed by atoms with Crippen molar-refractivity contribution in [3.8, 4) is 0 Å². The Bertz CT molecular complexity index is 801. The Hall–Kier alpha value is -2.66. The summed E-state index contributed by atoms with van der Waals surface area (Å²) in [5, 5.41) is 2.88. The number of anilines is 1. The van der Waals surface area contributed by atoms with E-state index in [-0.39, 0.29) is 17.9 Å². The summed E-state index contributed by atoms with van der Waals surface area (Å²) >= 11 is 0. The van der Waals surface area contributed by atoms with Crippen molar-refractivity contribution >= 4 is 17.5 Å². The van der Waals surface area contributed by atoms with Crippen LogP contribution in [0.25, 0.3) is 0 Å². The van der Waals surface area contributed by atoms with E-state index < -0.39 is 6.10 Å². The van der Waals surface area contributed by atoms with E-state index in [1.165, 1.54) is 0 Å². The van der Waals surface area contributed by atoms with Crippen molar-refractivity contribution in [2.45, 2.75) is 51.8 Å². The van der Waals surface area contributed by atoms with Crippen LogP contribution in [-0.4, -0.2) is 35.5 Å². The molecule has 2 aromatic rings. The zero-order valence-corrected chi connectivity index (χ0v) is 16.6. The molecule has 1 heterocycles. The van der Waals surface area contributed by atoms with Crippen molar-refractivity contribution in [3.63, 3.8) is 0 Å². The maximum atomic E-state index is 13.2. The third-order valence-electron chi connectivity index (χ3n) is 5.18. The second kappa shape index (κ2) is 9.51. The summed E-state index contributed by atoms with van der Waals surface area (Å²) in [6.45, 7) is 5.32. The van der Waals surface area contributed by atoms with E-state index in [1.54, 1.807) is 24.3 Å². The van der Waals surface area contributed by atoms with Crippen LogP contribution in [0, 0.1) is 0 Å². The summed E-state index contributed by atoms with van der Waals surface area (Å²) in [6, 6.07) is 17.2. The molecule has 3 rings (SSSR count). The molecule has 1 saturated heterocycles. The minimum atomic E-state index is -0.394. The fourth-order valence-electron chi connectivity index (χ4n) is 3.33. The molecule has 5 nitrogen and oxygen atoms in total. The highest BCUT2D eigenvalue weighted by Crippen LogP contribution is 2.19. The Kier molecular flexibility index (Phi) is 6.82. The number of nitrogens with zero attached hydrogens (tertiary/aromatic N) is 1. The van der Waals surface area contributed by atoms with Gasteiger partial charge in [-0.2, -0.15) is 0 Å². The maximum Gasteiger partial charge on any atom is 0.254 e. The van der Waals surface area contributed by atoms with E-state index in [1.807, 2.05) is 35.2 Å². The predicted molar refractivity (Wildman–Crippen MR) is 110 cm³/mol. The highest BCUT2D eigenvalue weighted by atomic mass is 16.5. The molecule has 5 heteroatoms. The Morgan fingerprint density at radius 3 is 2.64 bits per heavy atom. The molecule has 0 bridgehead atoms. The van der Waals surface area contributed by atoms with Gasteiger partial charge in [-0.15, -0.1) is 0 Å². The first kappa shape index (κ1) is 20.1. The molecule has 1 N–H and O–H groups in total. The number of hydrogen-bond donors (Lipinski definition) is 1. The average molecular weight is 380 g/mol. The van der Waals surface area contributed by atoms with E-state index in [9.17, 15) is 9.59 Å². The van der Waals surface area contributed by atoms with Crippen LogP contribution in [0.15, 0.2) is 54.6 Å². The number of carbonyl (C=O) groups excluding carboxylic acids is 2. The average Bonchev–Trinajstić information content (AvgIpc) is 3.27. The van der Waals surface area contributed by atoms with Gasteiger partial charge in [0.15, 0.2) is 0 Å². The molecule has 2 amide bonds. The van der Waals surface area contributed by atoms with Gasteiger partial charge >= 0.3 is 0 Å². The van der Waals surface area contributed by atoms with Crippen LogP contribution < -0.4 is 5.32 Å². The van der Waals surface area contributed by atoms with Crippen molar-refractivity contribution in [2.75, 3.05) is 11.9 Å². The van der Waals surface area contributed by atoms with Crippen LogP contribution in [0.1, 0.15) is 49.0 Å². The van der Waals surface area contributed by atoms with Gasteiger partial charge in [0.1, 0.15) is 6.10 Å². The van der Waals surface area contributed by atoms with Crippen LogP contribution in [0.5, 0.6) is 0 Å². The Morgan fingerprint density at radius 1 is 1.18 bits per heavy atom. The normalized spacial score (nSPS) is 17.1. The molecule has 2 aromatic carbocycles. The number of benzene rings is 2. The summed E-state index contributed by atoms with van der Waals surface area (Å²) in [5.41, 5.74) is 2.29. The molecule has 0 saturated carbocycles. The fraction of sp³-hybridized carbons (Fsp3) is 0.391. The van der Waals surface area contributed by atoms with Gasteiger partial charge in [-0.05, 0) is 49.9 Å². The number of amides is 2. The van der Waals surface area contributed by atoms with Crippen LogP contribution in [0.4, 0.5) is 5.69 Å². The summed E-state index contributed by atoms with van der Waals surface area (Å²) in [7, 11) is 0. The number of ether oxygens (including phenoxy) is 1. The van der Waals surface area contributed by atoms with Crippen molar-refractivity contribution in [1.29, 1.82) is 0 Å². The molecule has 0 radical (unpaired) electrons. The molecule has 0 spiro atoms. The second-order valence-corrected chi connectivity index (χ2v) is 7.25. The fourth-order valence-corrected chi connectivity index (χ4v) is 3.33. The van der Waals surface area contributed by atoms with Gasteiger partial charge in [0.2, 0.25) is 0 Å². The number of carbonyl (C=O) groups is 2. The lowest BCUT2D eigenvalue weighted by Crippen LogP contribution is -2.37. The molecular formula is C23H28N2O3. The Morgan fingerprint density at radius 2 is 1.96 bits per heavy atom. The van der Waals surface area contributed by atoms with Gasteiger partial charge < -0.3 is 15.0 Å². The lowest BCUT2D eigenvalue weighted by Gasteiger charge is -2.29. The monoisotopic (exact) mass is 380 g/mol. The van der Waals surface area contributed by atoms with E-state index >= 15 is 0 Å². The Labute approximate surface area is 166 Å². The first-order chi connectivity index (χ1) is 13.6. The van der Waals surface area contributed by atoms with E-state index in [4.69, 9.17) is 4.74 Å². The van der Waals surface area contributed by atoms with Gasteiger partial charge in [0, 0.05) is 30.4 Å². The minimum absolute atomic E-state index is 0.0357. The van der Waals surface area contributed by atoms with Crippen LogP contribution in [0.3, 0.4) is 0 Å². The lowest BCUT2D eigenvalue weighted by molar-refractivity contribution is -0.124. The summed E-state index contributed by atoms with van der Waals surface area (Å²) in [6.07, 6.45) is 2.12. The molecule has 1 fully saturated rings. The zero-order valence-electron chi connectivity index (χ0n) is 16.6. The first-order valence-electron chi connectivity index (χ1n) is 9.96. The largest absolute Gasteiger partial charge is 0.368 e. The number of nitrogens with one attached hydrogen (secondary N) is 1. The summed E-state index contributed by atoms with van der Waals surface area (Å²) < 4.78 is 5.43. The van der Waals surface area contributed by atoms with Crippen LogP contribution in [-0.2, 0) is 16.1 Å². The SMILES string of the molecule is CC[C@@H](C)N(Cc1ccccc1)C(=O)c1cccc(NC(=O)[C@H]2CCCO2)c1. The third-order valence-corrected chi connectivity index (χ3v) is 5.18. The van der Waals surface area contributed by atoms with E-state index in [0.717, 1.165) is 24.8 Å². The molecule has 28 heavy (non-hydrogen) atoms. The van der Waals surface area contributed by atoms with Gasteiger partial charge in [0.25, 0.3) is 11.8 Å². The molecule has 1 aliphatic heterocycles. The van der Waals surface area contributed by atoms with Crippen molar-refractivity contribution < 1.29 is 14.3 Å². The second-order valence-electron chi connectivity index (χ2n) is 7.25. The molecule has 0 aromatic heterocycles. The summed E-state index contributed by atoms with van der Waals surface area (Å²) in [4.78, 5) is 27.4. The maximum absolute atomic E-state index is 13.2. The standard InChI is InChI=1S/C23H28N2O3/c1-3-17(2)25(16-18-9-5-4-6-10-18)23(27)19-11-7-12-20(15-19)24-22(26)21-13-8-14-28-21/h4-7,9-12,15,17,21H,3,8,13-14,16H2,1-2H3,(H,24,26)/t17-,21-/m1/s1. The van der Waals surface area contributed by atoms with Gasteiger partial charge in [-0.1, -0.05) is 43.3 Å². The Balaban J connectivity index is 1.75. The highest BCUT2D eigenvalue weighted by molar-refractivity contribution is 5.98. The minimum Gasteiger partial charge on any atom is -0.368 e. The summed E-state index contributed by atoms with van der Waals surface area (Å²) in [5.74, 6) is -0.184. The third kappa shape index (κ3) is 4.98. The molecule has 1 aliphatic rings. The zero-order chi connectivity index (χ0) is 19.9. The number of rotatable bonds is 7. The molecular weight excluding hydrogens is 352 g/mol. The smallest absolute Gasteiger partial charge is 0.254 e. The molecule has 0 unspecified atom stereocenters. The number of hydrogen-bond acceptors (Lipinski definition) is 3. The van der Waals surface area contributed by atoms with Crippen LogP contribution in [0.2, 0.25) is 0 Å². The van der Waals surface area contributed by atoms with E-state index in [0.29, 0.717) is 24.4 Å². The van der Waals surface area contributed by atoms with E-state index in [2.05, 4.69) is 19.2 Å². The predicted octanol–water partition coefficient (Wildman–Crippen LogP) is 4.25. The van der Waals surface area contributed by atoms with Crippen LogP contribution >= 0.6 is 0 Å². The topological polar surface area (TPSA) is 58.6 Å². The first-order valence-corrected chi connectivity index (χ1v) is 9.96. The van der Waals surface area contributed by atoms with Crippen molar-refractivity contribution in [3.05, 3.63) is 65.7 Å². The molecule has 0 aliphatic carbocycles. The van der Waals surface area contributed by atoms with Crippen molar-refractivity contribution in [2.24, 2.45) is 0 Å².